The molecule has 0 radical (unpaired) electrons. The highest BCUT2D eigenvalue weighted by molar-refractivity contribution is 6.21. The van der Waals surface area contributed by atoms with E-state index in [0.717, 1.165) is 135 Å². The van der Waals surface area contributed by atoms with Crippen LogP contribution in [0.5, 0.6) is 0 Å². The minimum Gasteiger partial charge on any atom is -0.309 e. The van der Waals surface area contributed by atoms with Gasteiger partial charge in [0.05, 0.1) is 39.5 Å². The van der Waals surface area contributed by atoms with Crippen LogP contribution >= 0.6 is 0 Å². The van der Waals surface area contributed by atoms with Crippen molar-refractivity contribution in [2.75, 3.05) is 4.90 Å². The Hall–Kier alpha value is -10.9. The second kappa shape index (κ2) is 20.8. The molecule has 11 aromatic carbocycles. The Morgan fingerprint density at radius 3 is 1.52 bits per heavy atom. The number of pyridine rings is 2. The molecule has 1 aliphatic carbocycles. The van der Waals surface area contributed by atoms with Gasteiger partial charge < -0.3 is 9.47 Å². The maximum atomic E-state index is 5.49. The molecule has 85 heavy (non-hydrogen) atoms. The molecule has 0 amide bonds. The second-order valence-corrected chi connectivity index (χ2v) is 22.6. The smallest absolute Gasteiger partial charge is 0.0715 e. The Labute approximate surface area is 495 Å². The number of allylic oxidation sites excluding steroid dienone is 4. The molecular weight excluding hydrogens is 1030 g/mol. The molecule has 0 N–H and O–H groups in total. The summed E-state index contributed by atoms with van der Waals surface area (Å²) in [6.07, 6.45) is 9.98. The molecule has 0 fully saturated rings. The van der Waals surface area contributed by atoms with E-state index in [2.05, 4.69) is 308 Å². The quantitative estimate of drug-likeness (QED) is 0.137. The van der Waals surface area contributed by atoms with Crippen molar-refractivity contribution in [3.63, 3.8) is 0 Å². The maximum absolute atomic E-state index is 5.49. The van der Waals surface area contributed by atoms with Crippen molar-refractivity contribution in [1.29, 1.82) is 0 Å². The van der Waals surface area contributed by atoms with Crippen molar-refractivity contribution < 1.29 is 0 Å². The fourth-order valence-electron chi connectivity index (χ4n) is 13.1. The molecule has 1 unspecified atom stereocenters. The summed E-state index contributed by atoms with van der Waals surface area (Å²) < 4.78 is 2.51. The number of rotatable bonds is 10. The summed E-state index contributed by atoms with van der Waals surface area (Å²) in [5.74, 6) is 0.488. The molecule has 3 aromatic heterocycles. The fourth-order valence-corrected chi connectivity index (χ4v) is 13.1. The van der Waals surface area contributed by atoms with Crippen LogP contribution in [0.25, 0.3) is 133 Å². The van der Waals surface area contributed by atoms with Crippen molar-refractivity contribution in [3.8, 4) is 95.1 Å². The van der Waals surface area contributed by atoms with Crippen molar-refractivity contribution in [3.05, 3.63) is 309 Å². The van der Waals surface area contributed by atoms with Gasteiger partial charge in [-0.15, -0.1) is 0 Å². The van der Waals surface area contributed by atoms with Gasteiger partial charge in [-0.3, -0.25) is 4.98 Å². The number of fused-ring (bicyclic) bond motifs is 5. The van der Waals surface area contributed by atoms with Crippen LogP contribution in [0.2, 0.25) is 0 Å². The van der Waals surface area contributed by atoms with Gasteiger partial charge in [0.2, 0.25) is 0 Å². The first-order chi connectivity index (χ1) is 42.0. The molecule has 400 valence electrons. The zero-order valence-corrected chi connectivity index (χ0v) is 46.9. The fraction of sp³-hybridized carbons (Fsp3) is 0.0370. The van der Waals surface area contributed by atoms with E-state index >= 15 is 0 Å². The second-order valence-electron chi connectivity index (χ2n) is 22.6. The number of anilines is 3. The van der Waals surface area contributed by atoms with Crippen molar-refractivity contribution in [2.24, 2.45) is 5.92 Å². The Balaban J connectivity index is 1.01. The van der Waals surface area contributed by atoms with Crippen LogP contribution in [0.1, 0.15) is 18.9 Å². The third-order valence-corrected chi connectivity index (χ3v) is 17.2. The average molecular weight is 1090 g/mol. The first-order valence-electron chi connectivity index (χ1n) is 29.4. The van der Waals surface area contributed by atoms with Crippen LogP contribution in [0.4, 0.5) is 17.1 Å². The van der Waals surface area contributed by atoms with E-state index in [0.29, 0.717) is 5.92 Å². The highest BCUT2D eigenvalue weighted by Crippen LogP contribution is 2.55. The summed E-state index contributed by atoms with van der Waals surface area (Å²) in [7, 11) is 0. The number of nitrogens with zero attached hydrogens (tertiary/aromatic N) is 4. The van der Waals surface area contributed by atoms with Crippen LogP contribution in [0, 0.1) is 5.92 Å². The van der Waals surface area contributed by atoms with Gasteiger partial charge in [0.25, 0.3) is 0 Å². The normalized spacial score (nSPS) is 13.5. The average Bonchev–Trinajstić information content (AvgIpc) is 1.86. The lowest BCUT2D eigenvalue weighted by Gasteiger charge is -2.35. The van der Waals surface area contributed by atoms with Crippen molar-refractivity contribution in [2.45, 2.75) is 13.3 Å². The minimum absolute atomic E-state index is 0.488. The summed E-state index contributed by atoms with van der Waals surface area (Å²) >= 11 is 0. The number of hydrogen-bond donors (Lipinski definition) is 0. The van der Waals surface area contributed by atoms with E-state index in [-0.39, 0.29) is 0 Å². The van der Waals surface area contributed by atoms with Gasteiger partial charge in [-0.25, -0.2) is 4.98 Å². The molecule has 16 rings (SSSR count). The van der Waals surface area contributed by atoms with Crippen LogP contribution in [0.3, 0.4) is 0 Å². The Morgan fingerprint density at radius 2 is 0.906 bits per heavy atom. The van der Waals surface area contributed by atoms with Crippen LogP contribution < -0.4 is 4.90 Å². The van der Waals surface area contributed by atoms with Crippen molar-refractivity contribution in [1.82, 2.24) is 14.5 Å². The van der Waals surface area contributed by atoms with Gasteiger partial charge in [-0.1, -0.05) is 213 Å². The zero-order valence-electron chi connectivity index (χ0n) is 46.9. The molecule has 0 spiro atoms. The summed E-state index contributed by atoms with van der Waals surface area (Å²) in [5.41, 5.74) is 26.6. The molecular formula is C81H56N4. The molecule has 4 heteroatoms. The largest absolute Gasteiger partial charge is 0.309 e. The number of aromatic nitrogens is 3. The Kier molecular flexibility index (Phi) is 12.2. The standard InChI is InChI=1S/C81H56N4/c1-53-33-35-58(36-34-53)64-43-63(56-24-11-4-12-25-56)46-67(47-64)85-78-32-19-30-69-68(74-31-17-18-41-82-74)38-39-70(81(69)78)72-51-73-71-48-60(76-50-65(57-26-13-5-14-27-57)49-75(83-76)59-28-15-6-16-29-59)37-40-77(71)84(80(73)52-79(72)85)66-44-61(54-20-7-2-8-21-54)42-62(45-66)55-22-9-3-10-23-55/h2-33,35-53H,34H2,1H3. The van der Waals surface area contributed by atoms with E-state index in [1.54, 1.807) is 0 Å². The van der Waals surface area contributed by atoms with Gasteiger partial charge in [-0.2, -0.15) is 0 Å². The van der Waals surface area contributed by atoms with Gasteiger partial charge in [0.1, 0.15) is 0 Å². The maximum Gasteiger partial charge on any atom is 0.0715 e. The van der Waals surface area contributed by atoms with Crippen molar-refractivity contribution >= 4 is 55.2 Å². The summed E-state index contributed by atoms with van der Waals surface area (Å²) in [6.45, 7) is 2.29. The van der Waals surface area contributed by atoms with E-state index in [1.165, 1.54) is 27.6 Å². The summed E-state index contributed by atoms with van der Waals surface area (Å²) in [4.78, 5) is 13.0. The third-order valence-electron chi connectivity index (χ3n) is 17.2. The number of benzene rings is 11. The monoisotopic (exact) mass is 1080 g/mol. The summed E-state index contributed by atoms with van der Waals surface area (Å²) in [6, 6.07) is 102. The first kappa shape index (κ1) is 49.8. The molecule has 1 aliphatic heterocycles. The molecule has 14 aromatic rings. The number of hydrogen-bond acceptors (Lipinski definition) is 3. The predicted molar refractivity (Wildman–Crippen MR) is 357 cm³/mol. The molecule has 4 nitrogen and oxygen atoms in total. The van der Waals surface area contributed by atoms with E-state index in [4.69, 9.17) is 9.97 Å². The molecule has 4 heterocycles. The van der Waals surface area contributed by atoms with E-state index < -0.39 is 0 Å². The Morgan fingerprint density at radius 1 is 0.353 bits per heavy atom. The lowest BCUT2D eigenvalue weighted by Crippen LogP contribution is -2.16. The Bertz CT molecular complexity index is 4830. The van der Waals surface area contributed by atoms with Crippen LogP contribution in [-0.2, 0) is 0 Å². The lowest BCUT2D eigenvalue weighted by atomic mass is 9.86. The SMILES string of the molecule is CC1C=CC(c2cc(-c3ccccc3)cc(N3c4cc5c(cc4-c4ccc(-c6ccccn6)c6cccc3c46)c3cc(-c4cc(-c6ccccc6)cc(-c6ccccc6)n4)ccc3n5-c3cc(-c4ccccc4)cc(-c4ccccc4)c3)c2)=CC1. The van der Waals surface area contributed by atoms with Crippen LogP contribution in [0.15, 0.2) is 303 Å². The first-order valence-corrected chi connectivity index (χ1v) is 29.4. The molecule has 1 atom stereocenters. The van der Waals surface area contributed by atoms with E-state index in [9.17, 15) is 0 Å². The van der Waals surface area contributed by atoms with E-state index in [1.807, 2.05) is 12.3 Å². The third kappa shape index (κ3) is 8.95. The molecule has 2 aliphatic rings. The minimum atomic E-state index is 0.488. The molecule has 0 saturated heterocycles. The lowest BCUT2D eigenvalue weighted by molar-refractivity contribution is 0.739. The highest BCUT2D eigenvalue weighted by Gasteiger charge is 2.31. The predicted octanol–water partition coefficient (Wildman–Crippen LogP) is 21.8. The molecule has 0 bridgehead atoms. The van der Waals surface area contributed by atoms with Gasteiger partial charge in [0.15, 0.2) is 0 Å². The van der Waals surface area contributed by atoms with Gasteiger partial charge in [-0.05, 0) is 170 Å². The topological polar surface area (TPSA) is 34.0 Å². The summed E-state index contributed by atoms with van der Waals surface area (Å²) in [5, 5.41) is 4.64. The van der Waals surface area contributed by atoms with Gasteiger partial charge in [0, 0.05) is 56.0 Å². The van der Waals surface area contributed by atoms with Crippen LogP contribution in [-0.4, -0.2) is 14.5 Å². The highest BCUT2D eigenvalue weighted by atomic mass is 15.2. The zero-order chi connectivity index (χ0) is 56.4. The van der Waals surface area contributed by atoms with Gasteiger partial charge >= 0.3 is 0 Å². The molecule has 0 saturated carbocycles.